The van der Waals surface area contributed by atoms with E-state index in [1.807, 2.05) is 11.4 Å². The Morgan fingerprint density at radius 1 is 1.22 bits per heavy atom. The van der Waals surface area contributed by atoms with Gasteiger partial charge >= 0.3 is 0 Å². The molecule has 0 radical (unpaired) electrons. The lowest BCUT2D eigenvalue weighted by Crippen LogP contribution is -2.23. The van der Waals surface area contributed by atoms with Crippen LogP contribution in [-0.4, -0.2) is 65.2 Å². The molecule has 0 bridgehead atoms. The number of hydrogen-bond acceptors (Lipinski definition) is 8. The fourth-order valence-electron chi connectivity index (χ4n) is 4.26. The molecule has 172 valence electrons. The number of anilines is 1. The minimum absolute atomic E-state index is 0.0383. The summed E-state index contributed by atoms with van der Waals surface area (Å²) in [5, 5.41) is 17.9. The molecule has 1 saturated carbocycles. The van der Waals surface area contributed by atoms with Crippen LogP contribution in [0.3, 0.4) is 0 Å². The van der Waals surface area contributed by atoms with Gasteiger partial charge in [0.15, 0.2) is 9.84 Å². The molecule has 0 amide bonds. The van der Waals surface area contributed by atoms with Crippen molar-refractivity contribution in [1.29, 1.82) is 0 Å². The van der Waals surface area contributed by atoms with Crippen LogP contribution in [-0.2, 0) is 14.6 Å². The van der Waals surface area contributed by atoms with Gasteiger partial charge in [0.25, 0.3) is 0 Å². The Hall–Kier alpha value is -2.56. The predicted molar refractivity (Wildman–Crippen MR) is 122 cm³/mol. The van der Waals surface area contributed by atoms with Gasteiger partial charge in [0.2, 0.25) is 5.95 Å². The van der Waals surface area contributed by atoms with E-state index in [4.69, 9.17) is 9.84 Å². The van der Waals surface area contributed by atoms with E-state index in [2.05, 4.69) is 21.4 Å². The average molecular weight is 460 g/mol. The number of nitrogens with zero attached hydrogens (tertiary/aromatic N) is 4. The van der Waals surface area contributed by atoms with E-state index >= 15 is 0 Å². The Morgan fingerprint density at radius 2 is 1.97 bits per heavy atom. The van der Waals surface area contributed by atoms with E-state index in [1.54, 1.807) is 25.6 Å². The van der Waals surface area contributed by atoms with Crippen LogP contribution in [0.1, 0.15) is 44.2 Å². The number of fused-ring (bicyclic) bond motifs is 1. The lowest BCUT2D eigenvalue weighted by atomic mass is 9.85. The van der Waals surface area contributed by atoms with Crippen molar-refractivity contribution in [2.75, 3.05) is 25.3 Å². The van der Waals surface area contributed by atoms with Crippen LogP contribution in [0.15, 0.2) is 35.6 Å². The highest BCUT2D eigenvalue weighted by atomic mass is 32.2. The number of sulfone groups is 1. The van der Waals surface area contributed by atoms with E-state index in [0.29, 0.717) is 18.1 Å². The van der Waals surface area contributed by atoms with E-state index < -0.39 is 9.84 Å². The average Bonchev–Trinajstić information content (AvgIpc) is 3.13. The number of aromatic nitrogens is 4. The molecule has 3 heterocycles. The molecule has 1 fully saturated rings. The molecule has 1 atom stereocenters. The predicted octanol–water partition coefficient (Wildman–Crippen LogP) is 2.66. The van der Waals surface area contributed by atoms with Crippen LogP contribution in [0, 0.1) is 0 Å². The first-order valence-electron chi connectivity index (χ1n) is 10.7. The highest BCUT2D eigenvalue weighted by Gasteiger charge is 2.26. The highest BCUT2D eigenvalue weighted by molar-refractivity contribution is 7.90. The maximum atomic E-state index is 12.1. The third kappa shape index (κ3) is 4.77. The van der Waals surface area contributed by atoms with Crippen molar-refractivity contribution in [3.05, 3.63) is 36.4 Å². The molecule has 0 unspecified atom stereocenters. The van der Waals surface area contributed by atoms with E-state index in [-0.39, 0.29) is 23.0 Å². The highest BCUT2D eigenvalue weighted by Crippen LogP contribution is 2.37. The molecule has 9 nitrogen and oxygen atoms in total. The van der Waals surface area contributed by atoms with Crippen molar-refractivity contribution in [2.45, 2.75) is 55.6 Å². The molecule has 2 N–H and O–H groups in total. The van der Waals surface area contributed by atoms with Crippen LogP contribution in [0.5, 0.6) is 0 Å². The summed E-state index contributed by atoms with van der Waals surface area (Å²) in [6.07, 6.45) is 8.91. The number of pyridine rings is 1. The van der Waals surface area contributed by atoms with E-state index in [9.17, 15) is 13.5 Å². The summed E-state index contributed by atoms with van der Waals surface area (Å²) in [5.41, 5.74) is 3.34. The SMILES string of the molecule is COC[C@H](C)Nc1ncc2c(-c3cncc(S(C)(=O)=O)c3)cc(C3CCC(O)CC3)n2n1. The van der Waals surface area contributed by atoms with Gasteiger partial charge in [-0.15, -0.1) is 5.10 Å². The third-order valence-electron chi connectivity index (χ3n) is 5.90. The van der Waals surface area contributed by atoms with Crippen molar-refractivity contribution in [1.82, 2.24) is 19.6 Å². The molecule has 4 rings (SSSR count). The molecule has 1 aliphatic rings. The summed E-state index contributed by atoms with van der Waals surface area (Å²) in [4.78, 5) is 8.81. The first-order valence-corrected chi connectivity index (χ1v) is 12.6. The summed E-state index contributed by atoms with van der Waals surface area (Å²) in [6.45, 7) is 2.51. The Bertz CT molecular complexity index is 1200. The number of aliphatic hydroxyl groups is 1. The van der Waals surface area contributed by atoms with Crippen molar-refractivity contribution < 1.29 is 18.3 Å². The van der Waals surface area contributed by atoms with Gasteiger partial charge in [0, 0.05) is 54.5 Å². The fourth-order valence-corrected chi connectivity index (χ4v) is 4.85. The summed E-state index contributed by atoms with van der Waals surface area (Å²) < 4.78 is 31.2. The summed E-state index contributed by atoms with van der Waals surface area (Å²) >= 11 is 0. The maximum Gasteiger partial charge on any atom is 0.241 e. The Labute approximate surface area is 187 Å². The smallest absolute Gasteiger partial charge is 0.241 e. The molecule has 3 aromatic heterocycles. The van der Waals surface area contributed by atoms with Gasteiger partial charge in [-0.1, -0.05) is 0 Å². The van der Waals surface area contributed by atoms with Gasteiger partial charge in [-0.25, -0.2) is 17.9 Å². The zero-order chi connectivity index (χ0) is 22.9. The first kappa shape index (κ1) is 22.6. The van der Waals surface area contributed by atoms with Crippen LogP contribution < -0.4 is 5.32 Å². The topological polar surface area (TPSA) is 119 Å². The number of rotatable bonds is 7. The van der Waals surface area contributed by atoms with Gasteiger partial charge in [0.05, 0.1) is 29.3 Å². The number of aliphatic hydroxyl groups excluding tert-OH is 1. The van der Waals surface area contributed by atoms with Gasteiger partial charge < -0.3 is 15.2 Å². The number of hydrogen-bond donors (Lipinski definition) is 2. The molecule has 0 aromatic carbocycles. The van der Waals surface area contributed by atoms with Crippen molar-refractivity contribution >= 4 is 21.3 Å². The zero-order valence-corrected chi connectivity index (χ0v) is 19.3. The lowest BCUT2D eigenvalue weighted by Gasteiger charge is -2.25. The van der Waals surface area contributed by atoms with Gasteiger partial charge in [-0.2, -0.15) is 0 Å². The summed E-state index contributed by atoms with van der Waals surface area (Å²) in [5.74, 6) is 0.731. The summed E-state index contributed by atoms with van der Waals surface area (Å²) in [7, 11) is -1.73. The second kappa shape index (κ2) is 9.13. The maximum absolute atomic E-state index is 12.1. The molecule has 1 aliphatic carbocycles. The Kier molecular flexibility index (Phi) is 6.45. The minimum Gasteiger partial charge on any atom is -0.393 e. The summed E-state index contributed by atoms with van der Waals surface area (Å²) in [6, 6.07) is 3.73. The largest absolute Gasteiger partial charge is 0.393 e. The van der Waals surface area contributed by atoms with Crippen molar-refractivity contribution in [2.24, 2.45) is 0 Å². The first-order chi connectivity index (χ1) is 15.3. The molecule has 3 aromatic rings. The molecule has 32 heavy (non-hydrogen) atoms. The number of nitrogens with one attached hydrogen (secondary N) is 1. The molecule has 0 saturated heterocycles. The quantitative estimate of drug-likeness (QED) is 0.554. The standard InChI is InChI=1S/C22H29N5O4S/c1-14(13-31-2)25-22-24-12-21-19(16-8-18(11-23-10-16)32(3,29)30)9-20(27(21)26-22)15-4-6-17(28)7-5-15/h8-12,14-15,17,28H,4-7,13H2,1-3H3,(H,25,26)/t14-,15?,17?/m0/s1. The van der Waals surface area contributed by atoms with Crippen LogP contribution in [0.2, 0.25) is 0 Å². The van der Waals surface area contributed by atoms with Crippen molar-refractivity contribution in [3.8, 4) is 11.1 Å². The number of methoxy groups -OCH3 is 1. The number of ether oxygens (including phenoxy) is 1. The molecular weight excluding hydrogens is 430 g/mol. The van der Waals surface area contributed by atoms with Crippen LogP contribution >= 0.6 is 0 Å². The van der Waals surface area contributed by atoms with Crippen LogP contribution in [0.4, 0.5) is 5.95 Å². The van der Waals surface area contributed by atoms with Gasteiger partial charge in [-0.3, -0.25) is 4.98 Å². The monoisotopic (exact) mass is 459 g/mol. The van der Waals surface area contributed by atoms with Crippen LogP contribution in [0.25, 0.3) is 16.6 Å². The molecule has 0 aliphatic heterocycles. The zero-order valence-electron chi connectivity index (χ0n) is 18.5. The second-order valence-electron chi connectivity index (χ2n) is 8.55. The Morgan fingerprint density at radius 3 is 2.66 bits per heavy atom. The fraction of sp³-hybridized carbons (Fsp3) is 0.500. The Balaban J connectivity index is 1.81. The van der Waals surface area contributed by atoms with E-state index in [1.165, 1.54) is 12.5 Å². The molecule has 0 spiro atoms. The van der Waals surface area contributed by atoms with Gasteiger partial charge in [0.1, 0.15) is 0 Å². The lowest BCUT2D eigenvalue weighted by molar-refractivity contribution is 0.121. The van der Waals surface area contributed by atoms with Gasteiger partial charge in [-0.05, 0) is 44.7 Å². The second-order valence-corrected chi connectivity index (χ2v) is 10.6. The van der Waals surface area contributed by atoms with Crippen molar-refractivity contribution in [3.63, 3.8) is 0 Å². The minimum atomic E-state index is -3.38. The molecular formula is C22H29N5O4S. The third-order valence-corrected chi connectivity index (χ3v) is 6.98. The normalized spacial score (nSPS) is 20.4. The molecule has 10 heteroatoms. The van der Waals surface area contributed by atoms with E-state index in [0.717, 1.165) is 42.5 Å².